The van der Waals surface area contributed by atoms with Crippen molar-refractivity contribution in [3.8, 4) is 0 Å². The van der Waals surface area contributed by atoms with E-state index >= 15 is 0 Å². The number of piperidine rings is 1. The molecule has 5 heteroatoms. The van der Waals surface area contributed by atoms with Crippen molar-refractivity contribution in [1.29, 1.82) is 0 Å². The highest BCUT2D eigenvalue weighted by molar-refractivity contribution is 5.89. The average molecular weight is 456 g/mol. The van der Waals surface area contributed by atoms with Crippen LogP contribution >= 0.6 is 0 Å². The zero-order valence-corrected chi connectivity index (χ0v) is 21.0. The van der Waals surface area contributed by atoms with Gasteiger partial charge in [-0.1, -0.05) is 37.4 Å². The van der Waals surface area contributed by atoms with Crippen LogP contribution in [0.25, 0.3) is 22.4 Å². The van der Waals surface area contributed by atoms with Gasteiger partial charge in [0.05, 0.1) is 0 Å². The summed E-state index contributed by atoms with van der Waals surface area (Å²) in [5.41, 5.74) is 4.68. The molecular formula is C29H37N5. The zero-order valence-electron chi connectivity index (χ0n) is 21.0. The second-order valence-corrected chi connectivity index (χ2v) is 8.68. The van der Waals surface area contributed by atoms with E-state index in [2.05, 4.69) is 75.5 Å². The maximum absolute atomic E-state index is 4.39. The average Bonchev–Trinajstić information content (AvgIpc) is 2.89. The summed E-state index contributed by atoms with van der Waals surface area (Å²) < 4.78 is 0. The summed E-state index contributed by atoms with van der Waals surface area (Å²) in [5, 5.41) is 5.38. The Bertz CT molecular complexity index is 1160. The number of fused-ring (bicyclic) bond motifs is 1. The van der Waals surface area contributed by atoms with E-state index in [1.54, 1.807) is 0 Å². The molecule has 178 valence electrons. The first-order valence-electron chi connectivity index (χ1n) is 11.9. The Morgan fingerprint density at radius 3 is 2.41 bits per heavy atom. The van der Waals surface area contributed by atoms with Gasteiger partial charge in [-0.3, -0.25) is 0 Å². The SMILES string of the molecule is C=C/C(=C(/C)N(C)C)c1ccc2cnc(NC)cc2c1.C=Cc1ccnc(N2CCCCC2)c1. The third kappa shape index (κ3) is 6.25. The summed E-state index contributed by atoms with van der Waals surface area (Å²) in [6.45, 7) is 12.1. The molecule has 0 aliphatic carbocycles. The molecule has 1 aliphatic rings. The van der Waals surface area contributed by atoms with Gasteiger partial charge in [-0.2, -0.15) is 0 Å². The molecule has 1 saturated heterocycles. The molecule has 0 atom stereocenters. The van der Waals surface area contributed by atoms with Crippen LogP contribution in [0.2, 0.25) is 0 Å². The monoisotopic (exact) mass is 455 g/mol. The molecule has 0 saturated carbocycles. The fraction of sp³-hybridized carbons (Fsp3) is 0.310. The fourth-order valence-corrected chi connectivity index (χ4v) is 4.02. The molecule has 0 unspecified atom stereocenters. The van der Waals surface area contributed by atoms with Crippen LogP contribution in [-0.2, 0) is 0 Å². The molecule has 1 fully saturated rings. The van der Waals surface area contributed by atoms with Gasteiger partial charge in [0.1, 0.15) is 11.6 Å². The molecule has 0 amide bonds. The summed E-state index contributed by atoms with van der Waals surface area (Å²) in [5.74, 6) is 1.98. The van der Waals surface area contributed by atoms with Crippen LogP contribution in [0.5, 0.6) is 0 Å². The van der Waals surface area contributed by atoms with Crippen LogP contribution in [0.1, 0.15) is 37.3 Å². The normalized spacial score (nSPS) is 13.9. The highest BCUT2D eigenvalue weighted by Crippen LogP contribution is 2.26. The predicted molar refractivity (Wildman–Crippen MR) is 148 cm³/mol. The lowest BCUT2D eigenvalue weighted by molar-refractivity contribution is 0.517. The largest absolute Gasteiger partial charge is 0.381 e. The third-order valence-electron chi connectivity index (χ3n) is 6.24. The van der Waals surface area contributed by atoms with Gasteiger partial charge < -0.3 is 15.1 Å². The Hall–Kier alpha value is -3.60. The Labute approximate surface area is 204 Å². The lowest BCUT2D eigenvalue weighted by atomic mass is 10.0. The van der Waals surface area contributed by atoms with E-state index in [0.29, 0.717) is 0 Å². The Balaban J connectivity index is 0.000000202. The Morgan fingerprint density at radius 2 is 1.76 bits per heavy atom. The molecule has 5 nitrogen and oxygen atoms in total. The van der Waals surface area contributed by atoms with Crippen LogP contribution in [-0.4, -0.2) is 49.1 Å². The van der Waals surface area contributed by atoms with E-state index in [9.17, 15) is 0 Å². The van der Waals surface area contributed by atoms with Crippen molar-refractivity contribution in [2.24, 2.45) is 0 Å². The van der Waals surface area contributed by atoms with Crippen molar-refractivity contribution < 1.29 is 0 Å². The van der Waals surface area contributed by atoms with Crippen molar-refractivity contribution in [3.63, 3.8) is 0 Å². The van der Waals surface area contributed by atoms with Gasteiger partial charge in [0, 0.05) is 57.7 Å². The minimum Gasteiger partial charge on any atom is -0.381 e. The van der Waals surface area contributed by atoms with Gasteiger partial charge in [0.2, 0.25) is 0 Å². The molecule has 3 heterocycles. The van der Waals surface area contributed by atoms with Crippen LogP contribution in [0.15, 0.2) is 73.7 Å². The van der Waals surface area contributed by atoms with Gasteiger partial charge >= 0.3 is 0 Å². The van der Waals surface area contributed by atoms with E-state index < -0.39 is 0 Å². The number of nitrogens with zero attached hydrogens (tertiary/aromatic N) is 4. The van der Waals surface area contributed by atoms with Crippen LogP contribution in [0, 0.1) is 0 Å². The zero-order chi connectivity index (χ0) is 24.5. The first-order chi connectivity index (χ1) is 16.5. The topological polar surface area (TPSA) is 44.3 Å². The van der Waals surface area contributed by atoms with Crippen molar-refractivity contribution >= 4 is 34.1 Å². The quantitative estimate of drug-likeness (QED) is 0.432. The van der Waals surface area contributed by atoms with E-state index in [4.69, 9.17) is 0 Å². The van der Waals surface area contributed by atoms with E-state index in [1.807, 2.05) is 51.8 Å². The fourth-order valence-electron chi connectivity index (χ4n) is 4.02. The second kappa shape index (κ2) is 12.0. The van der Waals surface area contributed by atoms with Crippen LogP contribution in [0.4, 0.5) is 11.6 Å². The predicted octanol–water partition coefficient (Wildman–Crippen LogP) is 6.47. The summed E-state index contributed by atoms with van der Waals surface area (Å²) in [6, 6.07) is 12.6. The first-order valence-corrected chi connectivity index (χ1v) is 11.9. The number of anilines is 2. The summed E-state index contributed by atoms with van der Waals surface area (Å²) in [4.78, 5) is 13.2. The highest BCUT2D eigenvalue weighted by atomic mass is 15.2. The maximum atomic E-state index is 4.39. The molecule has 3 aromatic rings. The number of hydrogen-bond acceptors (Lipinski definition) is 5. The third-order valence-corrected chi connectivity index (χ3v) is 6.24. The number of rotatable bonds is 6. The molecule has 0 bridgehead atoms. The smallest absolute Gasteiger partial charge is 0.129 e. The van der Waals surface area contributed by atoms with Gasteiger partial charge in [0.25, 0.3) is 0 Å². The molecule has 4 rings (SSSR count). The lowest BCUT2D eigenvalue weighted by Gasteiger charge is -2.27. The van der Waals surface area contributed by atoms with Gasteiger partial charge in [-0.05, 0) is 72.5 Å². The highest BCUT2D eigenvalue weighted by Gasteiger charge is 2.11. The summed E-state index contributed by atoms with van der Waals surface area (Å²) in [7, 11) is 5.97. The van der Waals surface area contributed by atoms with Gasteiger partial charge in [-0.15, -0.1) is 0 Å². The number of nitrogens with one attached hydrogen (secondary N) is 1. The molecule has 1 N–H and O–H groups in total. The van der Waals surface area contributed by atoms with Crippen molar-refractivity contribution in [2.75, 3.05) is 44.4 Å². The molecular weight excluding hydrogens is 418 g/mol. The number of allylic oxidation sites excluding steroid dienone is 3. The number of aromatic nitrogens is 2. The standard InChI is InChI=1S/C17H21N3.C12H16N2/c1-6-16(12(2)20(4)5)13-7-8-14-11-19-17(18-3)10-15(14)9-13;1-2-11-6-7-13-12(10-11)14-8-4-3-5-9-14/h6-11H,1H2,2-5H3,(H,18,19);2,6-7,10H,1,3-5,8-9H2/b16-12+;. The molecule has 0 radical (unpaired) electrons. The van der Waals surface area contributed by atoms with Crippen LogP contribution < -0.4 is 10.2 Å². The summed E-state index contributed by atoms with van der Waals surface area (Å²) in [6.07, 6.45) is 11.5. The second-order valence-electron chi connectivity index (χ2n) is 8.68. The Morgan fingerprint density at radius 1 is 1.00 bits per heavy atom. The minimum atomic E-state index is 0.878. The molecule has 34 heavy (non-hydrogen) atoms. The maximum Gasteiger partial charge on any atom is 0.129 e. The summed E-state index contributed by atoms with van der Waals surface area (Å²) >= 11 is 0. The van der Waals surface area contributed by atoms with Gasteiger partial charge in [-0.25, -0.2) is 9.97 Å². The molecule has 2 aromatic heterocycles. The lowest BCUT2D eigenvalue weighted by Crippen LogP contribution is -2.30. The van der Waals surface area contributed by atoms with E-state index in [0.717, 1.165) is 41.2 Å². The molecule has 1 aromatic carbocycles. The Kier molecular flexibility index (Phi) is 8.86. The molecule has 0 spiro atoms. The van der Waals surface area contributed by atoms with Crippen molar-refractivity contribution in [2.45, 2.75) is 26.2 Å². The molecule has 1 aliphatic heterocycles. The van der Waals surface area contributed by atoms with Crippen molar-refractivity contribution in [1.82, 2.24) is 14.9 Å². The van der Waals surface area contributed by atoms with E-state index in [1.165, 1.54) is 35.9 Å². The van der Waals surface area contributed by atoms with Gasteiger partial charge in [0.15, 0.2) is 0 Å². The van der Waals surface area contributed by atoms with Crippen molar-refractivity contribution in [3.05, 3.63) is 84.8 Å². The van der Waals surface area contributed by atoms with Crippen LogP contribution in [0.3, 0.4) is 0 Å². The number of hydrogen-bond donors (Lipinski definition) is 1. The minimum absolute atomic E-state index is 0.878. The van der Waals surface area contributed by atoms with E-state index in [-0.39, 0.29) is 0 Å². The number of pyridine rings is 2. The number of benzene rings is 1. The first kappa shape index (κ1) is 25.0.